The van der Waals surface area contributed by atoms with Crippen molar-refractivity contribution in [3.63, 3.8) is 0 Å². The van der Waals surface area contributed by atoms with Crippen molar-refractivity contribution < 1.29 is 4.79 Å². The van der Waals surface area contributed by atoms with Gasteiger partial charge in [-0.05, 0) is 44.6 Å². The maximum atomic E-state index is 12.5. The first-order valence-corrected chi connectivity index (χ1v) is 8.54. The van der Waals surface area contributed by atoms with Crippen molar-refractivity contribution >= 4 is 22.5 Å². The molecule has 0 unspecified atom stereocenters. The molecule has 126 valence electrons. The molecule has 0 radical (unpaired) electrons. The predicted octanol–water partition coefficient (Wildman–Crippen LogP) is 3.33. The largest absolute Gasteiger partial charge is 0.325 e. The minimum absolute atomic E-state index is 0.0411. The van der Waals surface area contributed by atoms with Crippen molar-refractivity contribution in [2.24, 2.45) is 0 Å². The fraction of sp³-hybridized carbons (Fsp3) is 0.250. The average molecular weight is 332 g/mol. The molecule has 4 rings (SSSR count). The molecule has 1 aliphatic rings. The predicted molar refractivity (Wildman–Crippen MR) is 99.3 cm³/mol. The van der Waals surface area contributed by atoms with Gasteiger partial charge in [-0.15, -0.1) is 0 Å². The third-order valence-electron chi connectivity index (χ3n) is 4.70. The van der Waals surface area contributed by atoms with E-state index in [2.05, 4.69) is 20.2 Å². The van der Waals surface area contributed by atoms with E-state index in [1.807, 2.05) is 61.8 Å². The van der Waals surface area contributed by atoms with Crippen LogP contribution in [0.4, 0.5) is 5.69 Å². The van der Waals surface area contributed by atoms with Gasteiger partial charge in [0.05, 0.1) is 11.6 Å². The third-order valence-corrected chi connectivity index (χ3v) is 4.70. The Hall–Kier alpha value is -2.79. The summed E-state index contributed by atoms with van der Waals surface area (Å²) in [4.78, 5) is 23.6. The summed E-state index contributed by atoms with van der Waals surface area (Å²) >= 11 is 0. The van der Waals surface area contributed by atoms with Crippen molar-refractivity contribution in [2.45, 2.75) is 18.9 Å². The SMILES string of the molecule is CN1CCC[C@H]1C(=O)Nc1cccc(-c2ncc3ccccc3n2)c1. The topological polar surface area (TPSA) is 58.1 Å². The van der Waals surface area contributed by atoms with Crippen LogP contribution in [0.25, 0.3) is 22.3 Å². The number of rotatable bonds is 3. The number of amides is 1. The molecule has 1 atom stereocenters. The highest BCUT2D eigenvalue weighted by molar-refractivity contribution is 5.95. The van der Waals surface area contributed by atoms with Gasteiger partial charge < -0.3 is 5.32 Å². The number of likely N-dealkylation sites (tertiary alicyclic amines) is 1. The molecule has 1 amide bonds. The van der Waals surface area contributed by atoms with Crippen LogP contribution in [-0.2, 0) is 4.79 Å². The van der Waals surface area contributed by atoms with Gasteiger partial charge in [0.25, 0.3) is 0 Å². The summed E-state index contributed by atoms with van der Waals surface area (Å²) in [7, 11) is 2.00. The van der Waals surface area contributed by atoms with Crippen molar-refractivity contribution in [3.05, 3.63) is 54.7 Å². The second kappa shape index (κ2) is 6.61. The molecule has 0 bridgehead atoms. The van der Waals surface area contributed by atoms with E-state index in [9.17, 15) is 4.79 Å². The van der Waals surface area contributed by atoms with Gasteiger partial charge >= 0.3 is 0 Å². The minimum Gasteiger partial charge on any atom is -0.325 e. The van der Waals surface area contributed by atoms with Gasteiger partial charge in [0.15, 0.2) is 5.82 Å². The van der Waals surface area contributed by atoms with Crippen molar-refractivity contribution in [3.8, 4) is 11.4 Å². The minimum atomic E-state index is -0.0411. The van der Waals surface area contributed by atoms with Gasteiger partial charge in [0, 0.05) is 22.8 Å². The number of nitrogens with zero attached hydrogens (tertiary/aromatic N) is 3. The molecule has 1 aromatic heterocycles. The highest BCUT2D eigenvalue weighted by Crippen LogP contribution is 2.23. The van der Waals surface area contributed by atoms with Gasteiger partial charge in [-0.3, -0.25) is 9.69 Å². The molecule has 5 heteroatoms. The number of carbonyl (C=O) groups excluding carboxylic acids is 1. The van der Waals surface area contributed by atoms with Crippen LogP contribution in [0.5, 0.6) is 0 Å². The molecule has 2 aromatic carbocycles. The zero-order valence-electron chi connectivity index (χ0n) is 14.1. The van der Waals surface area contributed by atoms with E-state index in [0.717, 1.165) is 41.5 Å². The molecule has 0 aliphatic carbocycles. The Labute approximate surface area is 146 Å². The molecule has 5 nitrogen and oxygen atoms in total. The number of hydrogen-bond donors (Lipinski definition) is 1. The first kappa shape index (κ1) is 15.7. The summed E-state index contributed by atoms with van der Waals surface area (Å²) in [5.74, 6) is 0.712. The number of para-hydroxylation sites is 1. The highest BCUT2D eigenvalue weighted by atomic mass is 16.2. The maximum Gasteiger partial charge on any atom is 0.241 e. The summed E-state index contributed by atoms with van der Waals surface area (Å²) in [5.41, 5.74) is 2.58. The van der Waals surface area contributed by atoms with Gasteiger partial charge in [0.2, 0.25) is 5.91 Å². The number of benzene rings is 2. The second-order valence-corrected chi connectivity index (χ2v) is 6.46. The fourth-order valence-electron chi connectivity index (χ4n) is 3.31. The van der Waals surface area contributed by atoms with Crippen molar-refractivity contribution in [2.75, 3.05) is 18.9 Å². The lowest BCUT2D eigenvalue weighted by molar-refractivity contribution is -0.119. The molecule has 1 saturated heterocycles. The van der Waals surface area contributed by atoms with Crippen LogP contribution in [0, 0.1) is 0 Å². The summed E-state index contributed by atoms with van der Waals surface area (Å²) in [5, 5.41) is 4.04. The number of carbonyl (C=O) groups is 1. The average Bonchev–Trinajstić information content (AvgIpc) is 3.07. The molecule has 0 saturated carbocycles. The summed E-state index contributed by atoms with van der Waals surface area (Å²) in [6, 6.07) is 15.6. The molecular weight excluding hydrogens is 312 g/mol. The van der Waals surface area contributed by atoms with Crippen molar-refractivity contribution in [1.29, 1.82) is 0 Å². The van der Waals surface area contributed by atoms with E-state index < -0.39 is 0 Å². The summed E-state index contributed by atoms with van der Waals surface area (Å²) in [6.07, 6.45) is 3.81. The van der Waals surface area contributed by atoms with E-state index in [0.29, 0.717) is 5.82 Å². The smallest absolute Gasteiger partial charge is 0.241 e. The van der Waals surface area contributed by atoms with Crippen LogP contribution < -0.4 is 5.32 Å². The third kappa shape index (κ3) is 3.23. The Kier molecular flexibility index (Phi) is 4.15. The molecule has 0 spiro atoms. The summed E-state index contributed by atoms with van der Waals surface area (Å²) in [6.45, 7) is 0.975. The maximum absolute atomic E-state index is 12.5. The van der Waals surface area contributed by atoms with Gasteiger partial charge in [-0.25, -0.2) is 9.97 Å². The number of likely N-dealkylation sites (N-methyl/N-ethyl adjacent to an activating group) is 1. The first-order chi connectivity index (χ1) is 12.2. The molecule has 1 N–H and O–H groups in total. The first-order valence-electron chi connectivity index (χ1n) is 8.54. The lowest BCUT2D eigenvalue weighted by Gasteiger charge is -2.18. The Morgan fingerprint density at radius 2 is 2.08 bits per heavy atom. The van der Waals surface area contributed by atoms with E-state index in [-0.39, 0.29) is 11.9 Å². The quantitative estimate of drug-likeness (QED) is 0.799. The van der Waals surface area contributed by atoms with Gasteiger partial charge in [0.1, 0.15) is 0 Å². The molecule has 3 aromatic rings. The van der Waals surface area contributed by atoms with E-state index in [1.54, 1.807) is 0 Å². The summed E-state index contributed by atoms with van der Waals surface area (Å²) < 4.78 is 0. The monoisotopic (exact) mass is 332 g/mol. The zero-order valence-corrected chi connectivity index (χ0v) is 14.1. The zero-order chi connectivity index (χ0) is 17.2. The van der Waals surface area contributed by atoms with E-state index >= 15 is 0 Å². The molecular formula is C20H20N4O. The number of aromatic nitrogens is 2. The molecule has 1 aliphatic heterocycles. The lowest BCUT2D eigenvalue weighted by Crippen LogP contribution is -2.37. The van der Waals surface area contributed by atoms with Crippen LogP contribution >= 0.6 is 0 Å². The van der Waals surface area contributed by atoms with Crippen LogP contribution in [0.1, 0.15) is 12.8 Å². The van der Waals surface area contributed by atoms with Crippen LogP contribution in [0.3, 0.4) is 0 Å². The number of hydrogen-bond acceptors (Lipinski definition) is 4. The molecule has 25 heavy (non-hydrogen) atoms. The van der Waals surface area contributed by atoms with E-state index in [1.165, 1.54) is 0 Å². The van der Waals surface area contributed by atoms with Gasteiger partial charge in [-0.1, -0.05) is 30.3 Å². The second-order valence-electron chi connectivity index (χ2n) is 6.46. The normalized spacial score (nSPS) is 17.7. The molecule has 1 fully saturated rings. The van der Waals surface area contributed by atoms with Crippen LogP contribution in [0.15, 0.2) is 54.7 Å². The van der Waals surface area contributed by atoms with Gasteiger partial charge in [-0.2, -0.15) is 0 Å². The Bertz CT molecular complexity index is 924. The fourth-order valence-corrected chi connectivity index (χ4v) is 3.31. The van der Waals surface area contributed by atoms with Crippen LogP contribution in [0.2, 0.25) is 0 Å². The Balaban J connectivity index is 1.59. The molecule has 2 heterocycles. The number of fused-ring (bicyclic) bond motifs is 1. The van der Waals surface area contributed by atoms with Crippen LogP contribution in [-0.4, -0.2) is 40.4 Å². The van der Waals surface area contributed by atoms with E-state index in [4.69, 9.17) is 0 Å². The number of nitrogens with one attached hydrogen (secondary N) is 1. The number of anilines is 1. The Morgan fingerprint density at radius 3 is 2.92 bits per heavy atom. The highest BCUT2D eigenvalue weighted by Gasteiger charge is 2.27. The lowest BCUT2D eigenvalue weighted by atomic mass is 10.1. The standard InChI is InChI=1S/C20H20N4O/c1-24-11-5-10-18(24)20(25)22-16-8-4-7-14(12-16)19-21-13-15-6-2-3-9-17(15)23-19/h2-4,6-9,12-13,18H,5,10-11H2,1H3,(H,22,25)/t18-/m0/s1. The van der Waals surface area contributed by atoms with Crippen molar-refractivity contribution in [1.82, 2.24) is 14.9 Å². The Morgan fingerprint density at radius 1 is 1.20 bits per heavy atom.